The monoisotopic (exact) mass is 233 g/mol. The van der Waals surface area contributed by atoms with Crippen LogP contribution in [0.25, 0.3) is 0 Å². The van der Waals surface area contributed by atoms with E-state index in [4.69, 9.17) is 17.3 Å². The van der Waals surface area contributed by atoms with Gasteiger partial charge in [-0.25, -0.2) is 10.4 Å². The second kappa shape index (κ2) is 4.40. The Kier molecular flexibility index (Phi) is 2.94. The zero-order valence-corrected chi connectivity index (χ0v) is 9.44. The van der Waals surface area contributed by atoms with Crippen LogP contribution < -0.4 is 22.7 Å². The molecule has 0 bridgehead atoms. The first kappa shape index (κ1) is 11.4. The number of anilines is 2. The Bertz CT molecular complexity index is 499. The zero-order valence-electron chi connectivity index (χ0n) is 9.44. The standard InChI is InChI=1S/C10H15N7/c1-5-2-3-14-10(12)7(5)8(16-13)6-4-15-17-9(6)11/h2-4,8,16H,13H2,1H3,(H2,12,14)(H3,11,15,17). The van der Waals surface area contributed by atoms with E-state index in [1.807, 2.05) is 13.0 Å². The van der Waals surface area contributed by atoms with Gasteiger partial charge in [-0.15, -0.1) is 0 Å². The Hall–Kier alpha value is -2.12. The predicted octanol–water partition coefficient (Wildman–Crippen LogP) is -0.170. The van der Waals surface area contributed by atoms with Crippen LogP contribution in [-0.2, 0) is 0 Å². The topological polar surface area (TPSA) is 132 Å². The van der Waals surface area contributed by atoms with Gasteiger partial charge in [0.05, 0.1) is 12.2 Å². The molecule has 7 nitrogen and oxygen atoms in total. The van der Waals surface area contributed by atoms with E-state index in [-0.39, 0.29) is 6.04 Å². The molecular weight excluding hydrogens is 218 g/mol. The average molecular weight is 233 g/mol. The van der Waals surface area contributed by atoms with Crippen molar-refractivity contribution in [3.05, 3.63) is 35.2 Å². The number of nitrogens with zero attached hydrogens (tertiary/aromatic N) is 2. The van der Waals surface area contributed by atoms with Crippen LogP contribution in [0.2, 0.25) is 0 Å². The number of aromatic nitrogens is 3. The lowest BCUT2D eigenvalue weighted by Crippen LogP contribution is -2.30. The summed E-state index contributed by atoms with van der Waals surface area (Å²) in [6.07, 6.45) is 3.27. The maximum Gasteiger partial charge on any atom is 0.128 e. The molecule has 0 saturated heterocycles. The second-order valence-electron chi connectivity index (χ2n) is 3.77. The summed E-state index contributed by atoms with van der Waals surface area (Å²) in [7, 11) is 0. The lowest BCUT2D eigenvalue weighted by molar-refractivity contribution is 0.635. The first-order chi connectivity index (χ1) is 8.15. The normalized spacial score (nSPS) is 12.6. The summed E-state index contributed by atoms with van der Waals surface area (Å²) < 4.78 is 0. The van der Waals surface area contributed by atoms with E-state index in [2.05, 4.69) is 20.6 Å². The number of aromatic amines is 1. The molecule has 90 valence electrons. The third kappa shape index (κ3) is 1.93. The van der Waals surface area contributed by atoms with Crippen molar-refractivity contribution in [3.8, 4) is 0 Å². The number of nitrogens with two attached hydrogens (primary N) is 3. The Labute approximate surface area is 98.4 Å². The molecule has 0 aliphatic carbocycles. The molecule has 2 rings (SSSR count). The number of H-pyrrole nitrogens is 1. The summed E-state index contributed by atoms with van der Waals surface area (Å²) in [6, 6.07) is 1.54. The van der Waals surface area contributed by atoms with Crippen LogP contribution in [0.4, 0.5) is 11.6 Å². The molecule has 2 aromatic heterocycles. The average Bonchev–Trinajstić information content (AvgIpc) is 2.70. The first-order valence-electron chi connectivity index (χ1n) is 5.11. The van der Waals surface area contributed by atoms with E-state index in [0.717, 1.165) is 16.7 Å². The van der Waals surface area contributed by atoms with Crippen LogP contribution in [0, 0.1) is 6.92 Å². The minimum atomic E-state index is -0.331. The van der Waals surface area contributed by atoms with E-state index in [1.165, 1.54) is 0 Å². The molecule has 2 heterocycles. The predicted molar refractivity (Wildman–Crippen MR) is 65.6 cm³/mol. The Morgan fingerprint density at radius 3 is 2.71 bits per heavy atom. The number of aryl methyl sites for hydroxylation is 1. The van der Waals surface area contributed by atoms with E-state index < -0.39 is 0 Å². The summed E-state index contributed by atoms with van der Waals surface area (Å²) in [6.45, 7) is 1.94. The summed E-state index contributed by atoms with van der Waals surface area (Å²) in [4.78, 5) is 4.06. The third-order valence-electron chi connectivity index (χ3n) is 2.70. The Morgan fingerprint density at radius 1 is 1.41 bits per heavy atom. The molecule has 0 aliphatic heterocycles. The molecule has 0 aliphatic rings. The number of nitrogen functional groups attached to an aromatic ring is 2. The Balaban J connectivity index is 2.53. The molecule has 7 heteroatoms. The number of hydrogen-bond donors (Lipinski definition) is 5. The molecular formula is C10H15N7. The van der Waals surface area contributed by atoms with E-state index in [1.54, 1.807) is 12.4 Å². The maximum atomic E-state index is 5.88. The summed E-state index contributed by atoms with van der Waals surface area (Å²) in [5, 5.41) is 6.53. The largest absolute Gasteiger partial charge is 0.384 e. The summed E-state index contributed by atoms with van der Waals surface area (Å²) in [5.41, 5.74) is 16.9. The molecule has 1 unspecified atom stereocenters. The second-order valence-corrected chi connectivity index (χ2v) is 3.77. The molecule has 8 N–H and O–H groups in total. The van der Waals surface area contributed by atoms with Crippen molar-refractivity contribution >= 4 is 11.6 Å². The number of rotatable bonds is 3. The van der Waals surface area contributed by atoms with Crippen LogP contribution in [0.3, 0.4) is 0 Å². The maximum absolute atomic E-state index is 5.88. The van der Waals surface area contributed by atoms with Crippen molar-refractivity contribution in [1.82, 2.24) is 20.6 Å². The SMILES string of the molecule is Cc1ccnc(N)c1C(NN)c1cn[nH]c1N. The van der Waals surface area contributed by atoms with Gasteiger partial charge in [0.1, 0.15) is 11.6 Å². The van der Waals surface area contributed by atoms with Crippen molar-refractivity contribution in [2.24, 2.45) is 5.84 Å². The number of hydrogen-bond acceptors (Lipinski definition) is 6. The molecule has 0 amide bonds. The van der Waals surface area contributed by atoms with Gasteiger partial charge in [-0.1, -0.05) is 0 Å². The molecule has 0 spiro atoms. The van der Waals surface area contributed by atoms with Gasteiger partial charge in [0.2, 0.25) is 0 Å². The highest BCUT2D eigenvalue weighted by atomic mass is 15.2. The quantitative estimate of drug-likeness (QED) is 0.369. The van der Waals surface area contributed by atoms with E-state index in [0.29, 0.717) is 11.6 Å². The molecule has 0 radical (unpaired) electrons. The minimum Gasteiger partial charge on any atom is -0.384 e. The fraction of sp³-hybridized carbons (Fsp3) is 0.200. The fourth-order valence-electron chi connectivity index (χ4n) is 1.83. The van der Waals surface area contributed by atoms with Crippen LogP contribution in [0.15, 0.2) is 18.5 Å². The van der Waals surface area contributed by atoms with Crippen LogP contribution in [0.5, 0.6) is 0 Å². The fourth-order valence-corrected chi connectivity index (χ4v) is 1.83. The summed E-state index contributed by atoms with van der Waals surface area (Å²) in [5.74, 6) is 6.45. The van der Waals surface area contributed by atoms with Crippen molar-refractivity contribution in [2.45, 2.75) is 13.0 Å². The number of nitrogens with one attached hydrogen (secondary N) is 2. The molecule has 2 aromatic rings. The van der Waals surface area contributed by atoms with E-state index in [9.17, 15) is 0 Å². The van der Waals surface area contributed by atoms with Gasteiger partial charge in [0, 0.05) is 17.3 Å². The van der Waals surface area contributed by atoms with Crippen LogP contribution >= 0.6 is 0 Å². The van der Waals surface area contributed by atoms with Crippen molar-refractivity contribution in [3.63, 3.8) is 0 Å². The minimum absolute atomic E-state index is 0.331. The van der Waals surface area contributed by atoms with Gasteiger partial charge in [-0.3, -0.25) is 10.9 Å². The molecule has 0 fully saturated rings. The lowest BCUT2D eigenvalue weighted by Gasteiger charge is -2.19. The summed E-state index contributed by atoms with van der Waals surface area (Å²) >= 11 is 0. The van der Waals surface area contributed by atoms with Gasteiger partial charge < -0.3 is 11.5 Å². The molecule has 0 aromatic carbocycles. The van der Waals surface area contributed by atoms with Crippen molar-refractivity contribution in [2.75, 3.05) is 11.5 Å². The highest BCUT2D eigenvalue weighted by Crippen LogP contribution is 2.29. The van der Waals surface area contributed by atoms with Gasteiger partial charge in [0.25, 0.3) is 0 Å². The highest BCUT2D eigenvalue weighted by Gasteiger charge is 2.21. The van der Waals surface area contributed by atoms with Crippen molar-refractivity contribution < 1.29 is 0 Å². The molecule has 0 saturated carbocycles. The van der Waals surface area contributed by atoms with Crippen LogP contribution in [-0.4, -0.2) is 15.2 Å². The third-order valence-corrected chi connectivity index (χ3v) is 2.70. The number of hydrazine groups is 1. The van der Waals surface area contributed by atoms with Crippen LogP contribution in [0.1, 0.15) is 22.7 Å². The van der Waals surface area contributed by atoms with Gasteiger partial charge >= 0.3 is 0 Å². The highest BCUT2D eigenvalue weighted by molar-refractivity contribution is 5.53. The van der Waals surface area contributed by atoms with Crippen molar-refractivity contribution in [1.29, 1.82) is 0 Å². The number of pyridine rings is 1. The van der Waals surface area contributed by atoms with Gasteiger partial charge in [0.15, 0.2) is 0 Å². The first-order valence-corrected chi connectivity index (χ1v) is 5.11. The van der Waals surface area contributed by atoms with E-state index >= 15 is 0 Å². The van der Waals surface area contributed by atoms with Gasteiger partial charge in [-0.05, 0) is 18.6 Å². The smallest absolute Gasteiger partial charge is 0.128 e. The Morgan fingerprint density at radius 2 is 2.18 bits per heavy atom. The lowest BCUT2D eigenvalue weighted by atomic mass is 9.98. The molecule has 1 atom stereocenters. The zero-order chi connectivity index (χ0) is 12.4. The van der Waals surface area contributed by atoms with Gasteiger partial charge in [-0.2, -0.15) is 5.10 Å². The molecule has 17 heavy (non-hydrogen) atoms.